The molecule has 0 saturated carbocycles. The highest BCUT2D eigenvalue weighted by molar-refractivity contribution is 7.89. The van der Waals surface area contributed by atoms with E-state index in [2.05, 4.69) is 14.8 Å². The van der Waals surface area contributed by atoms with E-state index in [0.717, 1.165) is 36.0 Å². The second kappa shape index (κ2) is 7.62. The summed E-state index contributed by atoms with van der Waals surface area (Å²) in [6.45, 7) is 4.10. The molecule has 0 amide bonds. The topological polar surface area (TPSA) is 75.4 Å². The fourth-order valence-corrected chi connectivity index (χ4v) is 4.83. The number of aromatic nitrogens is 1. The number of halogens is 1. The third-order valence-electron chi connectivity index (χ3n) is 4.98. The molecule has 1 fully saturated rings. The van der Waals surface area contributed by atoms with E-state index in [1.54, 1.807) is 24.3 Å². The molecular formula is C20H22FN3O3S. The van der Waals surface area contributed by atoms with Crippen molar-refractivity contribution in [3.63, 3.8) is 0 Å². The number of hydrogen-bond acceptors (Lipinski definition) is 5. The van der Waals surface area contributed by atoms with Gasteiger partial charge in [-0.1, -0.05) is 17.3 Å². The first-order chi connectivity index (χ1) is 13.4. The molecule has 0 unspecified atom stereocenters. The van der Waals surface area contributed by atoms with Gasteiger partial charge in [0.25, 0.3) is 0 Å². The number of aryl methyl sites for hydroxylation is 2. The van der Waals surface area contributed by atoms with Crippen molar-refractivity contribution in [3.05, 3.63) is 59.5 Å². The zero-order valence-electron chi connectivity index (χ0n) is 15.6. The SMILES string of the molecule is Cc1cccc(S(=O)(=O)NC2CN(CCCc3noc4cc(F)ccc34)C2)c1. The van der Waals surface area contributed by atoms with Crippen LogP contribution >= 0.6 is 0 Å². The van der Waals surface area contributed by atoms with E-state index in [9.17, 15) is 12.8 Å². The molecule has 1 aliphatic heterocycles. The Morgan fingerprint density at radius 3 is 2.86 bits per heavy atom. The molecule has 0 aliphatic carbocycles. The molecule has 0 spiro atoms. The van der Waals surface area contributed by atoms with Gasteiger partial charge < -0.3 is 9.42 Å². The normalized spacial score (nSPS) is 15.8. The van der Waals surface area contributed by atoms with Crippen molar-refractivity contribution >= 4 is 21.0 Å². The van der Waals surface area contributed by atoms with Crippen LogP contribution in [0.5, 0.6) is 0 Å². The van der Waals surface area contributed by atoms with Crippen LogP contribution in [0.1, 0.15) is 17.7 Å². The lowest BCUT2D eigenvalue weighted by molar-refractivity contribution is 0.139. The maximum absolute atomic E-state index is 13.2. The van der Waals surface area contributed by atoms with Crippen LogP contribution in [-0.2, 0) is 16.4 Å². The van der Waals surface area contributed by atoms with Crippen LogP contribution < -0.4 is 4.72 Å². The average Bonchev–Trinajstić information content (AvgIpc) is 3.01. The van der Waals surface area contributed by atoms with Gasteiger partial charge in [-0.3, -0.25) is 0 Å². The zero-order valence-corrected chi connectivity index (χ0v) is 16.4. The molecule has 28 heavy (non-hydrogen) atoms. The van der Waals surface area contributed by atoms with Crippen molar-refractivity contribution < 1.29 is 17.3 Å². The molecule has 6 nitrogen and oxygen atoms in total. The van der Waals surface area contributed by atoms with Gasteiger partial charge in [0.05, 0.1) is 10.6 Å². The Kier molecular flexibility index (Phi) is 5.18. The second-order valence-corrected chi connectivity index (χ2v) is 8.98. The molecule has 148 valence electrons. The second-order valence-electron chi connectivity index (χ2n) is 7.27. The Labute approximate surface area is 163 Å². The van der Waals surface area contributed by atoms with E-state index in [1.165, 1.54) is 12.1 Å². The predicted molar refractivity (Wildman–Crippen MR) is 104 cm³/mol. The average molecular weight is 403 g/mol. The smallest absolute Gasteiger partial charge is 0.240 e. The van der Waals surface area contributed by atoms with Crippen molar-refractivity contribution in [2.45, 2.75) is 30.7 Å². The fourth-order valence-electron chi connectivity index (χ4n) is 3.51. The first kappa shape index (κ1) is 19.0. The van der Waals surface area contributed by atoms with Gasteiger partial charge in [-0.05, 0) is 56.1 Å². The Balaban J connectivity index is 1.25. The number of likely N-dealkylation sites (tertiary alicyclic amines) is 1. The molecule has 1 aliphatic rings. The first-order valence-corrected chi connectivity index (χ1v) is 10.7. The molecule has 2 heterocycles. The quantitative estimate of drug-likeness (QED) is 0.657. The van der Waals surface area contributed by atoms with Crippen molar-refractivity contribution in [1.29, 1.82) is 0 Å². The third-order valence-corrected chi connectivity index (χ3v) is 6.49. The van der Waals surface area contributed by atoms with Crippen molar-refractivity contribution in [1.82, 2.24) is 14.8 Å². The summed E-state index contributed by atoms with van der Waals surface area (Å²) in [5.74, 6) is -0.338. The summed E-state index contributed by atoms with van der Waals surface area (Å²) < 4.78 is 46.0. The fraction of sp³-hybridized carbons (Fsp3) is 0.350. The Bertz CT molecular complexity index is 1090. The summed E-state index contributed by atoms with van der Waals surface area (Å²) in [6, 6.07) is 11.3. The molecule has 1 N–H and O–H groups in total. The predicted octanol–water partition coefficient (Wildman–Crippen LogP) is 2.87. The van der Waals surface area contributed by atoms with Gasteiger partial charge in [-0.2, -0.15) is 0 Å². The monoisotopic (exact) mass is 403 g/mol. The largest absolute Gasteiger partial charge is 0.356 e. The van der Waals surface area contributed by atoms with Crippen molar-refractivity contribution in [2.75, 3.05) is 19.6 Å². The number of nitrogens with one attached hydrogen (secondary N) is 1. The van der Waals surface area contributed by atoms with Crippen LogP contribution in [0.2, 0.25) is 0 Å². The number of benzene rings is 2. The van der Waals surface area contributed by atoms with Gasteiger partial charge >= 0.3 is 0 Å². The lowest BCUT2D eigenvalue weighted by Crippen LogP contribution is -2.59. The van der Waals surface area contributed by atoms with Gasteiger partial charge in [0.1, 0.15) is 5.82 Å². The molecule has 1 aromatic heterocycles. The highest BCUT2D eigenvalue weighted by Crippen LogP contribution is 2.21. The van der Waals surface area contributed by atoms with E-state index in [-0.39, 0.29) is 11.9 Å². The molecule has 0 radical (unpaired) electrons. The van der Waals surface area contributed by atoms with E-state index >= 15 is 0 Å². The molecule has 2 aromatic carbocycles. The van der Waals surface area contributed by atoms with Crippen LogP contribution in [0, 0.1) is 12.7 Å². The Hall–Kier alpha value is -2.29. The van der Waals surface area contributed by atoms with Gasteiger partial charge in [-0.25, -0.2) is 17.5 Å². The molecule has 1 saturated heterocycles. The number of rotatable bonds is 7. The molecule has 0 bridgehead atoms. The summed E-state index contributed by atoms with van der Waals surface area (Å²) in [7, 11) is -3.48. The van der Waals surface area contributed by atoms with E-state index < -0.39 is 10.0 Å². The van der Waals surface area contributed by atoms with Gasteiger partial charge in [0.15, 0.2) is 5.58 Å². The summed E-state index contributed by atoms with van der Waals surface area (Å²) in [4.78, 5) is 2.51. The number of nitrogens with zero attached hydrogens (tertiary/aromatic N) is 2. The summed E-state index contributed by atoms with van der Waals surface area (Å²) >= 11 is 0. The highest BCUT2D eigenvalue weighted by Gasteiger charge is 2.30. The lowest BCUT2D eigenvalue weighted by atomic mass is 10.1. The number of hydrogen-bond donors (Lipinski definition) is 1. The Morgan fingerprint density at radius 2 is 2.07 bits per heavy atom. The van der Waals surface area contributed by atoms with Crippen LogP contribution in [-0.4, -0.2) is 44.2 Å². The minimum absolute atomic E-state index is 0.0682. The Morgan fingerprint density at radius 1 is 1.25 bits per heavy atom. The van der Waals surface area contributed by atoms with Gasteiger partial charge in [-0.15, -0.1) is 0 Å². The molecule has 4 rings (SSSR count). The summed E-state index contributed by atoms with van der Waals surface area (Å²) in [5, 5.41) is 4.87. The standard InChI is InChI=1S/C20H22FN3O3S/c1-14-4-2-5-17(10-14)28(25,26)23-16-12-24(13-16)9-3-6-19-18-8-7-15(21)11-20(18)27-22-19/h2,4-5,7-8,10-11,16,23H,3,6,9,12-13H2,1H3. The van der Waals surface area contributed by atoms with Crippen LogP contribution in [0.25, 0.3) is 11.0 Å². The van der Waals surface area contributed by atoms with E-state index in [1.807, 2.05) is 13.0 Å². The molecule has 0 atom stereocenters. The lowest BCUT2D eigenvalue weighted by Gasteiger charge is -2.39. The van der Waals surface area contributed by atoms with Crippen LogP contribution in [0.15, 0.2) is 51.9 Å². The maximum Gasteiger partial charge on any atom is 0.240 e. The van der Waals surface area contributed by atoms with Gasteiger partial charge in [0.2, 0.25) is 10.0 Å². The van der Waals surface area contributed by atoms with Crippen molar-refractivity contribution in [3.8, 4) is 0 Å². The minimum Gasteiger partial charge on any atom is -0.356 e. The molecule has 8 heteroatoms. The highest BCUT2D eigenvalue weighted by atomic mass is 32.2. The molecule has 3 aromatic rings. The zero-order chi connectivity index (χ0) is 19.7. The van der Waals surface area contributed by atoms with Crippen LogP contribution in [0.3, 0.4) is 0 Å². The van der Waals surface area contributed by atoms with Crippen LogP contribution in [0.4, 0.5) is 4.39 Å². The number of fused-ring (bicyclic) bond motifs is 1. The number of sulfonamides is 1. The van der Waals surface area contributed by atoms with E-state index in [4.69, 9.17) is 4.52 Å². The van der Waals surface area contributed by atoms with Gasteiger partial charge in [0, 0.05) is 30.6 Å². The van der Waals surface area contributed by atoms with E-state index in [0.29, 0.717) is 23.6 Å². The minimum atomic E-state index is -3.48. The summed E-state index contributed by atoms with van der Waals surface area (Å²) in [6.07, 6.45) is 1.60. The van der Waals surface area contributed by atoms with Crippen molar-refractivity contribution in [2.24, 2.45) is 0 Å². The third kappa shape index (κ3) is 4.09. The molecular weight excluding hydrogens is 381 g/mol. The summed E-state index contributed by atoms with van der Waals surface area (Å²) in [5.41, 5.74) is 2.21. The maximum atomic E-state index is 13.2. The first-order valence-electron chi connectivity index (χ1n) is 9.26.